The summed E-state index contributed by atoms with van der Waals surface area (Å²) >= 11 is 0. The Morgan fingerprint density at radius 3 is 2.40 bits per heavy atom. The standard InChI is InChI=1S/C23H25F2N3O2/c1-4-27(5-2)22(29)14-13-21-16(3)26-28(19-11-9-17(24)10-12-19)23(21)30-20-8-6-7-18(25)15-20/h6-12,15H,4-5,13-14H2,1-3H3. The van der Waals surface area contributed by atoms with Crippen molar-refractivity contribution in [1.82, 2.24) is 14.7 Å². The first-order valence-corrected chi connectivity index (χ1v) is 9.98. The minimum atomic E-state index is -0.421. The molecular formula is C23H25F2N3O2. The molecule has 0 unspecified atom stereocenters. The third-order valence-electron chi connectivity index (χ3n) is 4.92. The molecule has 0 N–H and O–H groups in total. The number of benzene rings is 2. The first-order valence-electron chi connectivity index (χ1n) is 9.98. The van der Waals surface area contributed by atoms with Gasteiger partial charge in [0.05, 0.1) is 11.4 Å². The van der Waals surface area contributed by atoms with E-state index >= 15 is 0 Å². The number of aryl methyl sites for hydroxylation is 1. The molecule has 0 aliphatic rings. The molecule has 0 aliphatic carbocycles. The average Bonchev–Trinajstić information content (AvgIpc) is 3.03. The summed E-state index contributed by atoms with van der Waals surface area (Å²) in [6.07, 6.45) is 0.726. The Kier molecular flexibility index (Phi) is 6.82. The van der Waals surface area contributed by atoms with Gasteiger partial charge in [-0.1, -0.05) is 6.07 Å². The second kappa shape index (κ2) is 9.52. The van der Waals surface area contributed by atoms with Crippen LogP contribution in [0.1, 0.15) is 31.5 Å². The van der Waals surface area contributed by atoms with E-state index in [1.54, 1.807) is 33.8 Å². The lowest BCUT2D eigenvalue weighted by Crippen LogP contribution is -2.30. The van der Waals surface area contributed by atoms with E-state index in [0.29, 0.717) is 48.9 Å². The number of aromatic nitrogens is 2. The number of ether oxygens (including phenoxy) is 1. The molecule has 1 amide bonds. The van der Waals surface area contributed by atoms with Crippen LogP contribution in [0.15, 0.2) is 48.5 Å². The third kappa shape index (κ3) is 4.84. The molecule has 0 radical (unpaired) electrons. The van der Waals surface area contributed by atoms with Gasteiger partial charge in [-0.25, -0.2) is 13.5 Å². The molecule has 0 aliphatic heterocycles. The highest BCUT2D eigenvalue weighted by Gasteiger charge is 2.21. The largest absolute Gasteiger partial charge is 0.439 e. The maximum Gasteiger partial charge on any atom is 0.226 e. The molecule has 1 aromatic heterocycles. The Hall–Kier alpha value is -3.22. The predicted molar refractivity (Wildman–Crippen MR) is 111 cm³/mol. The molecule has 0 saturated heterocycles. The summed E-state index contributed by atoms with van der Waals surface area (Å²) < 4.78 is 34.6. The van der Waals surface area contributed by atoms with Gasteiger partial charge in [-0.15, -0.1) is 0 Å². The Labute approximate surface area is 174 Å². The van der Waals surface area contributed by atoms with E-state index in [0.717, 1.165) is 5.56 Å². The Morgan fingerprint density at radius 2 is 1.77 bits per heavy atom. The third-order valence-corrected chi connectivity index (χ3v) is 4.92. The fourth-order valence-corrected chi connectivity index (χ4v) is 3.30. The van der Waals surface area contributed by atoms with Gasteiger partial charge in [-0.2, -0.15) is 5.10 Å². The molecule has 3 rings (SSSR count). The highest BCUT2D eigenvalue weighted by atomic mass is 19.1. The number of rotatable bonds is 8. The van der Waals surface area contributed by atoms with Gasteiger partial charge >= 0.3 is 0 Å². The molecule has 0 fully saturated rings. The van der Waals surface area contributed by atoms with Crippen molar-refractivity contribution < 1.29 is 18.3 Å². The number of halogens is 2. The van der Waals surface area contributed by atoms with E-state index in [9.17, 15) is 13.6 Å². The van der Waals surface area contributed by atoms with Gasteiger partial charge in [-0.3, -0.25) is 4.79 Å². The lowest BCUT2D eigenvalue weighted by Gasteiger charge is -2.18. The van der Waals surface area contributed by atoms with Crippen LogP contribution in [-0.2, 0) is 11.2 Å². The molecule has 3 aromatic rings. The fourth-order valence-electron chi connectivity index (χ4n) is 3.30. The number of hydrogen-bond acceptors (Lipinski definition) is 3. The molecule has 0 saturated carbocycles. The van der Waals surface area contributed by atoms with Crippen LogP contribution in [0.3, 0.4) is 0 Å². The highest BCUT2D eigenvalue weighted by Crippen LogP contribution is 2.32. The smallest absolute Gasteiger partial charge is 0.226 e. The SMILES string of the molecule is CCN(CC)C(=O)CCc1c(C)nn(-c2ccc(F)cc2)c1Oc1cccc(F)c1. The zero-order chi connectivity index (χ0) is 21.7. The van der Waals surface area contributed by atoms with Gasteiger partial charge in [0, 0.05) is 31.1 Å². The molecule has 7 heteroatoms. The lowest BCUT2D eigenvalue weighted by atomic mass is 10.1. The summed E-state index contributed by atoms with van der Waals surface area (Å²) in [5, 5.41) is 4.54. The van der Waals surface area contributed by atoms with Crippen molar-refractivity contribution in [3.05, 3.63) is 71.4 Å². The van der Waals surface area contributed by atoms with Crippen LogP contribution >= 0.6 is 0 Å². The van der Waals surface area contributed by atoms with Crippen LogP contribution < -0.4 is 4.74 Å². The molecular weight excluding hydrogens is 388 g/mol. The first-order chi connectivity index (χ1) is 14.4. The van der Waals surface area contributed by atoms with Crippen LogP contribution in [-0.4, -0.2) is 33.7 Å². The van der Waals surface area contributed by atoms with Crippen molar-refractivity contribution >= 4 is 5.91 Å². The van der Waals surface area contributed by atoms with Crippen LogP contribution in [0, 0.1) is 18.6 Å². The summed E-state index contributed by atoms with van der Waals surface area (Å²) in [7, 11) is 0. The molecule has 0 spiro atoms. The predicted octanol–water partition coefficient (Wildman–Crippen LogP) is 5.05. The number of hydrogen-bond donors (Lipinski definition) is 0. The number of nitrogens with zero attached hydrogens (tertiary/aromatic N) is 3. The van der Waals surface area contributed by atoms with Gasteiger partial charge in [0.25, 0.3) is 0 Å². The normalized spacial score (nSPS) is 10.8. The van der Waals surface area contributed by atoms with Gasteiger partial charge < -0.3 is 9.64 Å². The first kappa shape index (κ1) is 21.5. The maximum absolute atomic E-state index is 13.7. The second-order valence-electron chi connectivity index (χ2n) is 6.88. The van der Waals surface area contributed by atoms with Crippen LogP contribution in [0.25, 0.3) is 5.69 Å². The highest BCUT2D eigenvalue weighted by molar-refractivity contribution is 5.76. The lowest BCUT2D eigenvalue weighted by molar-refractivity contribution is -0.130. The van der Waals surface area contributed by atoms with Crippen LogP contribution in [0.4, 0.5) is 8.78 Å². The van der Waals surface area contributed by atoms with Crippen LogP contribution in [0.5, 0.6) is 11.6 Å². The Morgan fingerprint density at radius 1 is 1.07 bits per heavy atom. The topological polar surface area (TPSA) is 47.4 Å². The van der Waals surface area contributed by atoms with Crippen molar-refractivity contribution in [1.29, 1.82) is 0 Å². The van der Waals surface area contributed by atoms with E-state index in [2.05, 4.69) is 5.10 Å². The van der Waals surface area contributed by atoms with E-state index in [4.69, 9.17) is 4.74 Å². The van der Waals surface area contributed by atoms with Gasteiger partial charge in [0.1, 0.15) is 17.4 Å². The average molecular weight is 413 g/mol. The molecule has 158 valence electrons. The fraction of sp³-hybridized carbons (Fsp3) is 0.304. The van der Waals surface area contributed by atoms with E-state index in [1.807, 2.05) is 20.8 Å². The second-order valence-corrected chi connectivity index (χ2v) is 6.88. The van der Waals surface area contributed by atoms with Crippen molar-refractivity contribution in [3.63, 3.8) is 0 Å². The minimum Gasteiger partial charge on any atom is -0.439 e. The number of amides is 1. The molecule has 0 bridgehead atoms. The minimum absolute atomic E-state index is 0.0469. The summed E-state index contributed by atoms with van der Waals surface area (Å²) in [5.41, 5.74) is 2.05. The molecule has 2 aromatic carbocycles. The number of carbonyl (C=O) groups is 1. The maximum atomic E-state index is 13.7. The summed E-state index contributed by atoms with van der Waals surface area (Å²) in [6.45, 7) is 7.01. The Balaban J connectivity index is 1.98. The summed E-state index contributed by atoms with van der Waals surface area (Å²) in [4.78, 5) is 14.3. The van der Waals surface area contributed by atoms with E-state index in [1.165, 1.54) is 24.3 Å². The summed E-state index contributed by atoms with van der Waals surface area (Å²) in [6, 6.07) is 11.7. The van der Waals surface area contributed by atoms with Crippen LogP contribution in [0.2, 0.25) is 0 Å². The van der Waals surface area contributed by atoms with E-state index < -0.39 is 5.82 Å². The quantitative estimate of drug-likeness (QED) is 0.519. The Bertz CT molecular complexity index is 1010. The zero-order valence-corrected chi connectivity index (χ0v) is 17.4. The van der Waals surface area contributed by atoms with Gasteiger partial charge in [0.2, 0.25) is 11.8 Å². The molecule has 5 nitrogen and oxygen atoms in total. The van der Waals surface area contributed by atoms with Crippen molar-refractivity contribution in [2.75, 3.05) is 13.1 Å². The van der Waals surface area contributed by atoms with Crippen molar-refractivity contribution in [2.24, 2.45) is 0 Å². The monoisotopic (exact) mass is 413 g/mol. The number of carbonyl (C=O) groups excluding carboxylic acids is 1. The molecule has 1 heterocycles. The van der Waals surface area contributed by atoms with Crippen molar-refractivity contribution in [3.8, 4) is 17.3 Å². The molecule has 0 atom stereocenters. The van der Waals surface area contributed by atoms with E-state index in [-0.39, 0.29) is 11.7 Å². The van der Waals surface area contributed by atoms with Gasteiger partial charge in [0.15, 0.2) is 0 Å². The summed E-state index contributed by atoms with van der Waals surface area (Å²) in [5.74, 6) is -0.0344. The van der Waals surface area contributed by atoms with Crippen molar-refractivity contribution in [2.45, 2.75) is 33.6 Å². The molecule has 30 heavy (non-hydrogen) atoms. The zero-order valence-electron chi connectivity index (χ0n) is 17.4. The van der Waals surface area contributed by atoms with Gasteiger partial charge in [-0.05, 0) is 63.6 Å².